The summed E-state index contributed by atoms with van der Waals surface area (Å²) < 4.78 is 5.27. The highest BCUT2D eigenvalue weighted by Gasteiger charge is 2.09. The summed E-state index contributed by atoms with van der Waals surface area (Å²) in [4.78, 5) is 23.2. The minimum atomic E-state index is -0.166. The number of amides is 2. The standard InChI is InChI=1S/C13H18N2O3S/c1-9(2)8-18-7-6-14-13(17)11-4-5-12(19-11)15-10(3)16/h4-5H,1,6-8H2,2-3H3,(H,14,17)(H,15,16). The molecule has 104 valence electrons. The number of rotatable bonds is 7. The summed E-state index contributed by atoms with van der Waals surface area (Å²) in [5, 5.41) is 6.04. The fourth-order valence-electron chi connectivity index (χ4n) is 1.27. The van der Waals surface area contributed by atoms with E-state index in [1.165, 1.54) is 18.3 Å². The maximum Gasteiger partial charge on any atom is 0.261 e. The monoisotopic (exact) mass is 282 g/mol. The minimum absolute atomic E-state index is 0.151. The van der Waals surface area contributed by atoms with Crippen LogP contribution in [0.3, 0.4) is 0 Å². The average Bonchev–Trinajstić information content (AvgIpc) is 2.75. The van der Waals surface area contributed by atoms with E-state index < -0.39 is 0 Å². The predicted molar refractivity (Wildman–Crippen MR) is 76.6 cm³/mol. The second-order valence-corrected chi connectivity index (χ2v) is 5.19. The van der Waals surface area contributed by atoms with Crippen molar-refractivity contribution in [3.63, 3.8) is 0 Å². The van der Waals surface area contributed by atoms with Gasteiger partial charge in [-0.25, -0.2) is 0 Å². The third kappa shape index (κ3) is 6.17. The van der Waals surface area contributed by atoms with Gasteiger partial charge in [0.2, 0.25) is 5.91 Å². The Morgan fingerprint density at radius 2 is 2.11 bits per heavy atom. The lowest BCUT2D eigenvalue weighted by molar-refractivity contribution is -0.114. The molecule has 2 amide bonds. The molecule has 0 saturated heterocycles. The summed E-state index contributed by atoms with van der Waals surface area (Å²) in [7, 11) is 0. The molecule has 0 fully saturated rings. The van der Waals surface area contributed by atoms with E-state index in [4.69, 9.17) is 4.74 Å². The number of nitrogens with one attached hydrogen (secondary N) is 2. The van der Waals surface area contributed by atoms with Crippen LogP contribution in [0.2, 0.25) is 0 Å². The van der Waals surface area contributed by atoms with Crippen molar-refractivity contribution in [1.29, 1.82) is 0 Å². The molecule has 1 heterocycles. The SMILES string of the molecule is C=C(C)COCCNC(=O)c1ccc(NC(C)=O)s1. The normalized spacial score (nSPS) is 10.0. The van der Waals surface area contributed by atoms with Crippen molar-refractivity contribution >= 4 is 28.2 Å². The fourth-order valence-corrected chi connectivity index (χ4v) is 2.14. The van der Waals surface area contributed by atoms with Gasteiger partial charge in [0.1, 0.15) is 0 Å². The first-order valence-corrected chi connectivity index (χ1v) is 6.68. The molecule has 0 bridgehead atoms. The Bertz CT molecular complexity index is 468. The quantitative estimate of drug-likeness (QED) is 0.594. The molecule has 0 spiro atoms. The molecule has 0 saturated carbocycles. The molecule has 1 rings (SSSR count). The highest BCUT2D eigenvalue weighted by atomic mass is 32.1. The maximum absolute atomic E-state index is 11.8. The van der Waals surface area contributed by atoms with Crippen LogP contribution in [-0.2, 0) is 9.53 Å². The van der Waals surface area contributed by atoms with E-state index in [-0.39, 0.29) is 11.8 Å². The van der Waals surface area contributed by atoms with Gasteiger partial charge in [-0.15, -0.1) is 11.3 Å². The van der Waals surface area contributed by atoms with Crippen molar-refractivity contribution in [3.8, 4) is 0 Å². The lowest BCUT2D eigenvalue weighted by atomic mass is 10.4. The number of hydrogen-bond acceptors (Lipinski definition) is 4. The first kappa shape index (κ1) is 15.4. The zero-order valence-electron chi connectivity index (χ0n) is 11.1. The van der Waals surface area contributed by atoms with E-state index in [9.17, 15) is 9.59 Å². The van der Waals surface area contributed by atoms with Crippen LogP contribution >= 0.6 is 11.3 Å². The molecular weight excluding hydrogens is 264 g/mol. The fraction of sp³-hybridized carbons (Fsp3) is 0.385. The van der Waals surface area contributed by atoms with Crippen molar-refractivity contribution in [2.75, 3.05) is 25.1 Å². The van der Waals surface area contributed by atoms with Crippen LogP contribution in [0.4, 0.5) is 5.00 Å². The van der Waals surface area contributed by atoms with Gasteiger partial charge in [-0.2, -0.15) is 0 Å². The molecule has 0 aromatic carbocycles. The van der Waals surface area contributed by atoms with Crippen LogP contribution in [-0.4, -0.2) is 31.6 Å². The number of anilines is 1. The smallest absolute Gasteiger partial charge is 0.261 e. The number of hydrogen-bond donors (Lipinski definition) is 2. The largest absolute Gasteiger partial charge is 0.375 e. The van der Waals surface area contributed by atoms with E-state index >= 15 is 0 Å². The summed E-state index contributed by atoms with van der Waals surface area (Å²) in [6.07, 6.45) is 0. The lowest BCUT2D eigenvalue weighted by Gasteiger charge is -2.05. The number of thiophene rings is 1. The van der Waals surface area contributed by atoms with Crippen LogP contribution in [0, 0.1) is 0 Å². The molecule has 0 aliphatic carbocycles. The molecule has 19 heavy (non-hydrogen) atoms. The molecule has 0 unspecified atom stereocenters. The van der Waals surface area contributed by atoms with Gasteiger partial charge in [0.05, 0.1) is 23.1 Å². The third-order valence-corrected chi connectivity index (χ3v) is 3.01. The Balaban J connectivity index is 2.31. The zero-order chi connectivity index (χ0) is 14.3. The lowest BCUT2D eigenvalue weighted by Crippen LogP contribution is -2.26. The number of carbonyl (C=O) groups is 2. The number of carbonyl (C=O) groups excluding carboxylic acids is 2. The maximum atomic E-state index is 11.8. The Morgan fingerprint density at radius 3 is 2.74 bits per heavy atom. The summed E-state index contributed by atoms with van der Waals surface area (Å²) in [5.74, 6) is -0.317. The first-order chi connectivity index (χ1) is 8.99. The summed E-state index contributed by atoms with van der Waals surface area (Å²) >= 11 is 1.24. The van der Waals surface area contributed by atoms with Crippen molar-refractivity contribution < 1.29 is 14.3 Å². The van der Waals surface area contributed by atoms with Gasteiger partial charge in [-0.3, -0.25) is 9.59 Å². The molecular formula is C13H18N2O3S. The third-order valence-electron chi connectivity index (χ3n) is 2.01. The average molecular weight is 282 g/mol. The van der Waals surface area contributed by atoms with Crippen molar-refractivity contribution in [1.82, 2.24) is 5.32 Å². The second kappa shape index (κ2) is 7.70. The van der Waals surface area contributed by atoms with E-state index in [0.29, 0.717) is 29.6 Å². The summed E-state index contributed by atoms with van der Waals surface area (Å²) in [5.41, 5.74) is 0.949. The van der Waals surface area contributed by atoms with E-state index in [2.05, 4.69) is 17.2 Å². The molecule has 2 N–H and O–H groups in total. The molecule has 0 aliphatic rings. The van der Waals surface area contributed by atoms with Crippen molar-refractivity contribution in [3.05, 3.63) is 29.2 Å². The van der Waals surface area contributed by atoms with Gasteiger partial charge < -0.3 is 15.4 Å². The highest BCUT2D eigenvalue weighted by molar-refractivity contribution is 7.18. The molecule has 5 nitrogen and oxygen atoms in total. The molecule has 1 aromatic heterocycles. The van der Waals surface area contributed by atoms with E-state index in [1.54, 1.807) is 12.1 Å². The van der Waals surface area contributed by atoms with Gasteiger partial charge in [-0.05, 0) is 19.1 Å². The summed E-state index contributed by atoms with van der Waals surface area (Å²) in [6.45, 7) is 8.42. The molecule has 1 aromatic rings. The first-order valence-electron chi connectivity index (χ1n) is 5.87. The topological polar surface area (TPSA) is 67.4 Å². The molecule has 6 heteroatoms. The van der Waals surface area contributed by atoms with Crippen LogP contribution < -0.4 is 10.6 Å². The van der Waals surface area contributed by atoms with Crippen LogP contribution in [0.15, 0.2) is 24.3 Å². The molecule has 0 aliphatic heterocycles. The van der Waals surface area contributed by atoms with Gasteiger partial charge in [0.15, 0.2) is 0 Å². The number of ether oxygens (including phenoxy) is 1. The van der Waals surface area contributed by atoms with Gasteiger partial charge in [-0.1, -0.05) is 12.2 Å². The molecule has 0 atom stereocenters. The van der Waals surface area contributed by atoms with Gasteiger partial charge >= 0.3 is 0 Å². The van der Waals surface area contributed by atoms with E-state index in [0.717, 1.165) is 5.57 Å². The Hall–Kier alpha value is -1.66. The summed E-state index contributed by atoms with van der Waals surface area (Å²) in [6, 6.07) is 3.39. The highest BCUT2D eigenvalue weighted by Crippen LogP contribution is 2.21. The van der Waals surface area contributed by atoms with Crippen LogP contribution in [0.5, 0.6) is 0 Å². The zero-order valence-corrected chi connectivity index (χ0v) is 11.9. The van der Waals surface area contributed by atoms with Gasteiger partial charge in [0.25, 0.3) is 5.91 Å². The van der Waals surface area contributed by atoms with Crippen molar-refractivity contribution in [2.24, 2.45) is 0 Å². The molecule has 0 radical (unpaired) electrons. The second-order valence-electron chi connectivity index (χ2n) is 4.11. The van der Waals surface area contributed by atoms with Crippen LogP contribution in [0.1, 0.15) is 23.5 Å². The Kier molecular flexibility index (Phi) is 6.24. The predicted octanol–water partition coefficient (Wildman–Crippen LogP) is 2.03. The van der Waals surface area contributed by atoms with Crippen molar-refractivity contribution in [2.45, 2.75) is 13.8 Å². The Labute approximate surface area is 116 Å². The Morgan fingerprint density at radius 1 is 1.37 bits per heavy atom. The van der Waals surface area contributed by atoms with Gasteiger partial charge in [0, 0.05) is 13.5 Å². The van der Waals surface area contributed by atoms with E-state index in [1.807, 2.05) is 6.92 Å². The minimum Gasteiger partial charge on any atom is -0.375 e. The van der Waals surface area contributed by atoms with Crippen LogP contribution in [0.25, 0.3) is 0 Å².